The highest BCUT2D eigenvalue weighted by Crippen LogP contribution is 2.39. The second kappa shape index (κ2) is 5.71. The van der Waals surface area contributed by atoms with Crippen molar-refractivity contribution in [2.45, 2.75) is 45.3 Å². The lowest BCUT2D eigenvalue weighted by molar-refractivity contribution is -0.0503. The lowest BCUT2D eigenvalue weighted by Gasteiger charge is -2.36. The van der Waals surface area contributed by atoms with Gasteiger partial charge in [-0.15, -0.1) is 0 Å². The van der Waals surface area contributed by atoms with Crippen LogP contribution in [0.4, 0.5) is 4.79 Å². The van der Waals surface area contributed by atoms with E-state index in [2.05, 4.69) is 6.92 Å². The first-order valence-corrected chi connectivity index (χ1v) is 6.74. The molecule has 0 spiro atoms. The summed E-state index contributed by atoms with van der Waals surface area (Å²) in [7, 11) is 1.44. The van der Waals surface area contributed by atoms with Crippen LogP contribution in [0.5, 0.6) is 0 Å². The van der Waals surface area contributed by atoms with E-state index in [0.29, 0.717) is 11.8 Å². The number of ether oxygens (including phenoxy) is 2. The second-order valence-corrected chi connectivity index (χ2v) is 5.10. The molecule has 0 unspecified atom stereocenters. The molecule has 0 aliphatic carbocycles. The Bertz CT molecular complexity index is 269. The molecule has 2 fully saturated rings. The van der Waals surface area contributed by atoms with Gasteiger partial charge in [0.15, 0.2) is 0 Å². The minimum Gasteiger partial charge on any atom is -0.453 e. The van der Waals surface area contributed by atoms with E-state index >= 15 is 0 Å². The lowest BCUT2D eigenvalue weighted by Crippen LogP contribution is -2.47. The van der Waals surface area contributed by atoms with Crippen LogP contribution >= 0.6 is 0 Å². The molecule has 17 heavy (non-hydrogen) atoms. The van der Waals surface area contributed by atoms with Crippen molar-refractivity contribution in [3.8, 4) is 0 Å². The summed E-state index contributed by atoms with van der Waals surface area (Å²) in [5.41, 5.74) is 0. The maximum Gasteiger partial charge on any atom is 0.411 e. The number of unbranched alkanes of at least 4 members (excludes halogenated alkanes) is 1. The topological polar surface area (TPSA) is 38.8 Å². The van der Waals surface area contributed by atoms with Crippen LogP contribution in [-0.4, -0.2) is 37.5 Å². The Balaban J connectivity index is 1.97. The van der Waals surface area contributed by atoms with Crippen LogP contribution in [0.25, 0.3) is 0 Å². The summed E-state index contributed by atoms with van der Waals surface area (Å²) in [5.74, 6) is 1.15. The molecule has 4 nitrogen and oxygen atoms in total. The Kier molecular flexibility index (Phi) is 4.26. The number of carbonyl (C=O) groups is 1. The molecule has 0 saturated carbocycles. The van der Waals surface area contributed by atoms with Crippen molar-refractivity contribution in [2.75, 3.05) is 20.3 Å². The molecule has 98 valence electrons. The van der Waals surface area contributed by atoms with Gasteiger partial charge in [0, 0.05) is 12.5 Å². The third-order valence-corrected chi connectivity index (χ3v) is 4.03. The summed E-state index contributed by atoms with van der Waals surface area (Å²) in [5, 5.41) is 0. The minimum atomic E-state index is -0.240. The van der Waals surface area contributed by atoms with Crippen molar-refractivity contribution in [1.82, 2.24) is 4.90 Å². The van der Waals surface area contributed by atoms with Gasteiger partial charge in [-0.3, -0.25) is 4.90 Å². The predicted molar refractivity (Wildman–Crippen MR) is 64.6 cm³/mol. The van der Waals surface area contributed by atoms with Crippen molar-refractivity contribution >= 4 is 6.09 Å². The molecular formula is C13H23NO3. The molecule has 0 aromatic carbocycles. The lowest BCUT2D eigenvalue weighted by atomic mass is 9.84. The summed E-state index contributed by atoms with van der Waals surface area (Å²) in [6, 6.07) is 0. The molecule has 2 aliphatic rings. The fourth-order valence-corrected chi connectivity index (χ4v) is 3.10. The van der Waals surface area contributed by atoms with Crippen LogP contribution in [0.3, 0.4) is 0 Å². The zero-order chi connectivity index (χ0) is 12.3. The summed E-state index contributed by atoms with van der Waals surface area (Å²) in [6.07, 6.45) is 5.71. The number of hydrogen-bond acceptors (Lipinski definition) is 3. The van der Waals surface area contributed by atoms with Gasteiger partial charge < -0.3 is 9.47 Å². The zero-order valence-corrected chi connectivity index (χ0v) is 10.9. The molecule has 0 aromatic rings. The molecule has 0 radical (unpaired) electrons. The highest BCUT2D eigenvalue weighted by Gasteiger charge is 2.44. The van der Waals surface area contributed by atoms with Gasteiger partial charge in [0.25, 0.3) is 0 Å². The monoisotopic (exact) mass is 241 g/mol. The van der Waals surface area contributed by atoms with Gasteiger partial charge in [-0.05, 0) is 25.2 Å². The molecule has 2 saturated heterocycles. The van der Waals surface area contributed by atoms with Gasteiger partial charge in [0.1, 0.15) is 6.23 Å². The highest BCUT2D eigenvalue weighted by atomic mass is 16.6. The number of hydrogen-bond donors (Lipinski definition) is 0. The third-order valence-electron chi connectivity index (χ3n) is 4.03. The predicted octanol–water partition coefficient (Wildman–Crippen LogP) is 2.63. The first kappa shape index (κ1) is 12.7. The van der Waals surface area contributed by atoms with Gasteiger partial charge in [0.05, 0.1) is 13.7 Å². The van der Waals surface area contributed by atoms with Gasteiger partial charge >= 0.3 is 6.09 Å². The third kappa shape index (κ3) is 2.57. The van der Waals surface area contributed by atoms with Crippen LogP contribution in [0, 0.1) is 11.8 Å². The molecule has 2 aliphatic heterocycles. The van der Waals surface area contributed by atoms with Crippen LogP contribution in [-0.2, 0) is 9.47 Å². The second-order valence-electron chi connectivity index (χ2n) is 5.10. The van der Waals surface area contributed by atoms with E-state index in [1.807, 2.05) is 0 Å². The quantitative estimate of drug-likeness (QED) is 0.762. The molecule has 0 bridgehead atoms. The Morgan fingerprint density at radius 1 is 1.53 bits per heavy atom. The van der Waals surface area contributed by atoms with Crippen molar-refractivity contribution in [3.63, 3.8) is 0 Å². The van der Waals surface area contributed by atoms with Crippen LogP contribution < -0.4 is 0 Å². The molecule has 2 heterocycles. The van der Waals surface area contributed by atoms with E-state index in [-0.39, 0.29) is 12.3 Å². The van der Waals surface area contributed by atoms with Crippen molar-refractivity contribution < 1.29 is 14.3 Å². The first-order valence-electron chi connectivity index (χ1n) is 6.74. The summed E-state index contributed by atoms with van der Waals surface area (Å²) < 4.78 is 10.6. The number of fused-ring (bicyclic) bond motifs is 1. The number of methoxy groups -OCH3 is 1. The van der Waals surface area contributed by atoms with E-state index in [1.54, 1.807) is 4.90 Å². The minimum absolute atomic E-state index is 0.0296. The van der Waals surface area contributed by atoms with Crippen LogP contribution in [0.15, 0.2) is 0 Å². The van der Waals surface area contributed by atoms with Crippen LogP contribution in [0.1, 0.15) is 39.0 Å². The number of likely N-dealkylation sites (tertiary alicyclic amines) is 1. The van der Waals surface area contributed by atoms with E-state index < -0.39 is 0 Å². The molecule has 0 N–H and O–H groups in total. The number of carbonyl (C=O) groups excluding carboxylic acids is 1. The first-order chi connectivity index (χ1) is 8.27. The SMILES string of the molecule is CCCC[C@@H]1CO[C@@H]2[C@H]1CCCN2C(=O)OC. The Labute approximate surface area is 103 Å². The van der Waals surface area contributed by atoms with Crippen molar-refractivity contribution in [2.24, 2.45) is 11.8 Å². The van der Waals surface area contributed by atoms with Crippen LogP contribution in [0.2, 0.25) is 0 Å². The Morgan fingerprint density at radius 3 is 3.06 bits per heavy atom. The maximum atomic E-state index is 11.7. The van der Waals surface area contributed by atoms with Crippen molar-refractivity contribution in [3.05, 3.63) is 0 Å². The largest absolute Gasteiger partial charge is 0.453 e. The highest BCUT2D eigenvalue weighted by molar-refractivity contribution is 5.67. The smallest absolute Gasteiger partial charge is 0.411 e. The van der Waals surface area contributed by atoms with Gasteiger partial charge in [-0.2, -0.15) is 0 Å². The molecule has 0 aromatic heterocycles. The van der Waals surface area contributed by atoms with Gasteiger partial charge in [-0.25, -0.2) is 4.79 Å². The van der Waals surface area contributed by atoms with Gasteiger partial charge in [-0.1, -0.05) is 19.8 Å². The average Bonchev–Trinajstić information content (AvgIpc) is 2.78. The standard InChI is InChI=1S/C13H23NO3/c1-3-4-6-10-9-17-12-11(10)7-5-8-14(12)13(15)16-2/h10-12H,3-9H2,1-2H3/t10-,11+,12-/m1/s1. The van der Waals surface area contributed by atoms with Gasteiger partial charge in [0.2, 0.25) is 0 Å². The fourth-order valence-electron chi connectivity index (χ4n) is 3.10. The average molecular weight is 241 g/mol. The molecule has 2 rings (SSSR count). The van der Waals surface area contributed by atoms with E-state index in [9.17, 15) is 4.79 Å². The fraction of sp³-hybridized carbons (Fsp3) is 0.923. The number of nitrogens with zero attached hydrogens (tertiary/aromatic N) is 1. The molecule has 4 heteroatoms. The molecular weight excluding hydrogens is 218 g/mol. The van der Waals surface area contributed by atoms with E-state index in [4.69, 9.17) is 9.47 Å². The van der Waals surface area contributed by atoms with E-state index in [0.717, 1.165) is 19.6 Å². The zero-order valence-electron chi connectivity index (χ0n) is 10.9. The summed E-state index contributed by atoms with van der Waals surface area (Å²) in [4.78, 5) is 13.4. The number of amides is 1. The Morgan fingerprint density at radius 2 is 2.35 bits per heavy atom. The van der Waals surface area contributed by atoms with E-state index in [1.165, 1.54) is 32.8 Å². The molecule has 3 atom stereocenters. The normalized spacial score (nSPS) is 32.4. The number of rotatable bonds is 3. The molecule has 1 amide bonds. The van der Waals surface area contributed by atoms with Crippen molar-refractivity contribution in [1.29, 1.82) is 0 Å². The summed E-state index contributed by atoms with van der Waals surface area (Å²) in [6.45, 7) is 3.80. The maximum absolute atomic E-state index is 11.7. The Hall–Kier alpha value is -0.770. The summed E-state index contributed by atoms with van der Waals surface area (Å²) >= 11 is 0. The number of piperidine rings is 1.